The molecule has 0 radical (unpaired) electrons. The molecule has 3 atom stereocenters. The number of carbonyl (C=O) groups excluding carboxylic acids is 4. The maximum atomic E-state index is 12.5. The van der Waals surface area contributed by atoms with Gasteiger partial charge in [-0.05, 0) is 18.3 Å². The lowest BCUT2D eigenvalue weighted by molar-refractivity contribution is -0.141. The molecule has 4 amide bonds. The number of hydrogen-bond donors (Lipinski definition) is 5. The Hall–Kier alpha value is -2.65. The molecule has 0 bridgehead atoms. The van der Waals surface area contributed by atoms with E-state index in [9.17, 15) is 24.0 Å². The number of carboxylic acid groups (broad SMARTS) is 1. The normalized spacial score (nSPS) is 14.1. The number of hydrogen-bond acceptors (Lipinski definition) is 5. The van der Waals surface area contributed by atoms with Crippen molar-refractivity contribution in [2.75, 3.05) is 6.54 Å². The minimum Gasteiger partial charge on any atom is -0.481 e. The Morgan fingerprint density at radius 3 is 1.93 bits per heavy atom. The molecule has 0 saturated heterocycles. The second-order valence-corrected chi connectivity index (χ2v) is 7.60. The van der Waals surface area contributed by atoms with Crippen molar-refractivity contribution >= 4 is 29.6 Å². The highest BCUT2D eigenvalue weighted by Gasteiger charge is 2.28. The first-order chi connectivity index (χ1) is 12.8. The van der Waals surface area contributed by atoms with E-state index in [0.717, 1.165) is 0 Å². The minimum absolute atomic E-state index is 0.132. The number of rotatable bonds is 12. The average molecular weight is 400 g/mol. The molecule has 0 saturated carbocycles. The zero-order chi connectivity index (χ0) is 22.0. The maximum Gasteiger partial charge on any atom is 0.304 e. The van der Waals surface area contributed by atoms with E-state index in [1.54, 1.807) is 13.8 Å². The Labute approximate surface area is 165 Å². The predicted molar refractivity (Wildman–Crippen MR) is 102 cm³/mol. The Bertz CT molecular complexity index is 591. The minimum atomic E-state index is -1.12. The third kappa shape index (κ3) is 9.89. The van der Waals surface area contributed by atoms with Crippen molar-refractivity contribution in [1.82, 2.24) is 16.0 Å². The van der Waals surface area contributed by atoms with E-state index in [1.165, 1.54) is 6.92 Å². The van der Waals surface area contributed by atoms with Gasteiger partial charge in [-0.25, -0.2) is 0 Å². The summed E-state index contributed by atoms with van der Waals surface area (Å²) in [5, 5.41) is 16.1. The van der Waals surface area contributed by atoms with E-state index in [0.29, 0.717) is 6.42 Å². The molecule has 10 nitrogen and oxygen atoms in total. The van der Waals surface area contributed by atoms with E-state index in [2.05, 4.69) is 16.0 Å². The lowest BCUT2D eigenvalue weighted by Gasteiger charge is -2.25. The van der Waals surface area contributed by atoms with E-state index in [1.807, 2.05) is 13.8 Å². The summed E-state index contributed by atoms with van der Waals surface area (Å²) in [6.45, 7) is 8.25. The molecule has 0 aliphatic carbocycles. The lowest BCUT2D eigenvalue weighted by atomic mass is 10.00. The van der Waals surface area contributed by atoms with Gasteiger partial charge in [0.2, 0.25) is 23.6 Å². The fraction of sp³-hybridized carbons (Fsp3) is 0.722. The van der Waals surface area contributed by atoms with Gasteiger partial charge >= 0.3 is 5.97 Å². The summed E-state index contributed by atoms with van der Waals surface area (Å²) in [5.41, 5.74) is 5.32. The zero-order valence-corrected chi connectivity index (χ0v) is 17.1. The highest BCUT2D eigenvalue weighted by atomic mass is 16.4. The molecule has 28 heavy (non-hydrogen) atoms. The van der Waals surface area contributed by atoms with Gasteiger partial charge in [-0.2, -0.15) is 0 Å². The maximum absolute atomic E-state index is 12.5. The van der Waals surface area contributed by atoms with Gasteiger partial charge in [0.05, 0.1) is 13.0 Å². The Morgan fingerprint density at radius 1 is 0.929 bits per heavy atom. The molecule has 0 aliphatic rings. The third-order valence-corrected chi connectivity index (χ3v) is 3.98. The molecule has 0 unspecified atom stereocenters. The van der Waals surface area contributed by atoms with E-state index in [-0.39, 0.29) is 18.3 Å². The molecule has 0 heterocycles. The molecule has 10 heteroatoms. The molecule has 0 fully saturated rings. The number of nitrogens with two attached hydrogens (primary N) is 1. The second kappa shape index (κ2) is 11.9. The first kappa shape index (κ1) is 25.4. The van der Waals surface area contributed by atoms with Crippen molar-refractivity contribution in [3.05, 3.63) is 0 Å². The Kier molecular flexibility index (Phi) is 10.8. The highest BCUT2D eigenvalue weighted by molar-refractivity contribution is 5.93. The average Bonchev–Trinajstić information content (AvgIpc) is 2.55. The summed E-state index contributed by atoms with van der Waals surface area (Å²) >= 11 is 0. The fourth-order valence-corrected chi connectivity index (χ4v) is 2.43. The second-order valence-electron chi connectivity index (χ2n) is 7.60. The number of carboxylic acids is 1. The van der Waals surface area contributed by atoms with Gasteiger partial charge < -0.3 is 26.8 Å². The summed E-state index contributed by atoms with van der Waals surface area (Å²) in [6.07, 6.45) is 0.0200. The molecule has 6 N–H and O–H groups in total. The molecule has 0 aliphatic heterocycles. The molecule has 0 aromatic carbocycles. The van der Waals surface area contributed by atoms with Gasteiger partial charge in [0.15, 0.2) is 0 Å². The van der Waals surface area contributed by atoms with Crippen LogP contribution >= 0.6 is 0 Å². The van der Waals surface area contributed by atoms with Crippen LogP contribution in [0.1, 0.15) is 47.5 Å². The smallest absolute Gasteiger partial charge is 0.304 e. The predicted octanol–water partition coefficient (Wildman–Crippen LogP) is -0.630. The van der Waals surface area contributed by atoms with Gasteiger partial charge in [0, 0.05) is 5.92 Å². The monoisotopic (exact) mass is 400 g/mol. The summed E-state index contributed by atoms with van der Waals surface area (Å²) in [7, 11) is 0. The fourth-order valence-electron chi connectivity index (χ4n) is 2.43. The molecular formula is C18H32N4O6. The van der Waals surface area contributed by atoms with Crippen LogP contribution in [0.3, 0.4) is 0 Å². The van der Waals surface area contributed by atoms with Gasteiger partial charge in [-0.3, -0.25) is 24.0 Å². The molecule has 160 valence electrons. The Morgan fingerprint density at radius 2 is 1.50 bits per heavy atom. The number of nitrogens with one attached hydrogen (secondary N) is 3. The Balaban J connectivity index is 4.81. The topological polar surface area (TPSA) is 168 Å². The van der Waals surface area contributed by atoms with Crippen LogP contribution in [0.5, 0.6) is 0 Å². The van der Waals surface area contributed by atoms with Gasteiger partial charge in [0.25, 0.3) is 0 Å². The third-order valence-electron chi connectivity index (χ3n) is 3.98. The van der Waals surface area contributed by atoms with Crippen LogP contribution in [0.15, 0.2) is 0 Å². The SMILES string of the molecule is CC(C)C[C@H](NC(=O)[C@@H](NC(=O)CNC(=O)[C@@H](C)CC(=O)O)C(C)C)C(N)=O. The van der Waals surface area contributed by atoms with Crippen LogP contribution in [-0.4, -0.2) is 53.3 Å². The van der Waals surface area contributed by atoms with Crippen LogP contribution in [-0.2, 0) is 24.0 Å². The van der Waals surface area contributed by atoms with Crippen molar-refractivity contribution in [1.29, 1.82) is 0 Å². The van der Waals surface area contributed by atoms with Crippen LogP contribution < -0.4 is 21.7 Å². The van der Waals surface area contributed by atoms with Crippen molar-refractivity contribution in [3.63, 3.8) is 0 Å². The molecule has 0 aromatic heterocycles. The summed E-state index contributed by atoms with van der Waals surface area (Å²) in [4.78, 5) is 58.5. The highest BCUT2D eigenvalue weighted by Crippen LogP contribution is 2.07. The number of carbonyl (C=O) groups is 5. The molecule has 0 aromatic rings. The lowest BCUT2D eigenvalue weighted by Crippen LogP contribution is -2.56. The summed E-state index contributed by atoms with van der Waals surface area (Å²) < 4.78 is 0. The first-order valence-electron chi connectivity index (χ1n) is 9.23. The van der Waals surface area contributed by atoms with E-state index in [4.69, 9.17) is 10.8 Å². The number of aliphatic carboxylic acids is 1. The first-order valence-corrected chi connectivity index (χ1v) is 9.23. The number of primary amides is 1. The molecule has 0 spiro atoms. The van der Waals surface area contributed by atoms with Gasteiger partial charge in [-0.15, -0.1) is 0 Å². The van der Waals surface area contributed by atoms with Crippen LogP contribution in [0.25, 0.3) is 0 Å². The quantitative estimate of drug-likeness (QED) is 0.292. The molecule has 0 rings (SSSR count). The van der Waals surface area contributed by atoms with Crippen LogP contribution in [0.4, 0.5) is 0 Å². The van der Waals surface area contributed by atoms with E-state index < -0.39 is 54.1 Å². The van der Waals surface area contributed by atoms with Crippen molar-refractivity contribution in [2.45, 2.75) is 59.5 Å². The largest absolute Gasteiger partial charge is 0.481 e. The van der Waals surface area contributed by atoms with Crippen LogP contribution in [0, 0.1) is 17.8 Å². The van der Waals surface area contributed by atoms with Gasteiger partial charge in [-0.1, -0.05) is 34.6 Å². The zero-order valence-electron chi connectivity index (χ0n) is 17.1. The van der Waals surface area contributed by atoms with Crippen molar-refractivity contribution < 1.29 is 29.1 Å². The summed E-state index contributed by atoms with van der Waals surface area (Å²) in [6, 6.07) is -1.77. The summed E-state index contributed by atoms with van der Waals surface area (Å²) in [5.74, 6) is -4.44. The van der Waals surface area contributed by atoms with Crippen molar-refractivity contribution in [2.24, 2.45) is 23.5 Å². The number of amides is 4. The van der Waals surface area contributed by atoms with E-state index >= 15 is 0 Å². The van der Waals surface area contributed by atoms with Gasteiger partial charge in [0.1, 0.15) is 12.1 Å². The van der Waals surface area contributed by atoms with Crippen LogP contribution in [0.2, 0.25) is 0 Å². The van der Waals surface area contributed by atoms with Crippen molar-refractivity contribution in [3.8, 4) is 0 Å². The standard InChI is InChI=1S/C18H32N4O6/c1-9(2)6-12(16(19)26)21-18(28)15(10(3)4)22-13(23)8-20-17(27)11(5)7-14(24)25/h9-12,15H,6-8H2,1-5H3,(H2,19,26)(H,20,27)(H,21,28)(H,22,23)(H,24,25)/t11-,12-,15-/m0/s1. The molecular weight excluding hydrogens is 368 g/mol.